The van der Waals surface area contributed by atoms with E-state index in [4.69, 9.17) is 9.47 Å². The van der Waals surface area contributed by atoms with Crippen molar-refractivity contribution in [1.82, 2.24) is 20.2 Å². The van der Waals surface area contributed by atoms with E-state index in [0.717, 1.165) is 28.5 Å². The second-order valence-electron chi connectivity index (χ2n) is 6.85. The molecule has 2 unspecified atom stereocenters. The van der Waals surface area contributed by atoms with Crippen LogP contribution in [0.15, 0.2) is 53.7 Å². The molecule has 0 spiro atoms. The van der Waals surface area contributed by atoms with Crippen LogP contribution >= 0.6 is 11.8 Å². The molecule has 2 aromatic carbocycles. The second kappa shape index (κ2) is 8.66. The van der Waals surface area contributed by atoms with Gasteiger partial charge in [0.15, 0.2) is 0 Å². The molecule has 1 aliphatic heterocycles. The minimum atomic E-state index is -0.409. The fourth-order valence-corrected chi connectivity index (χ4v) is 4.40. The molecule has 2 heterocycles. The Labute approximate surface area is 179 Å². The number of ether oxygens (including phenoxy) is 2. The van der Waals surface area contributed by atoms with E-state index in [1.807, 2.05) is 60.1 Å². The molecule has 2 atom stereocenters. The highest BCUT2D eigenvalue weighted by molar-refractivity contribution is 8.00. The summed E-state index contributed by atoms with van der Waals surface area (Å²) in [6.07, 6.45) is 0. The maximum Gasteiger partial charge on any atom is 0.236 e. The molecule has 0 radical (unpaired) electrons. The Morgan fingerprint density at radius 1 is 1.07 bits per heavy atom. The number of nitrogens with zero attached hydrogens (tertiary/aromatic N) is 3. The van der Waals surface area contributed by atoms with Gasteiger partial charge in [0.2, 0.25) is 11.1 Å². The Balaban J connectivity index is 1.54. The zero-order chi connectivity index (χ0) is 21.1. The van der Waals surface area contributed by atoms with Crippen molar-refractivity contribution in [1.29, 1.82) is 0 Å². The number of benzene rings is 2. The largest absolute Gasteiger partial charge is 0.497 e. The van der Waals surface area contributed by atoms with E-state index in [1.165, 1.54) is 11.8 Å². The summed E-state index contributed by atoms with van der Waals surface area (Å²) in [5.41, 5.74) is 5.37. The van der Waals surface area contributed by atoms with E-state index in [2.05, 4.69) is 20.9 Å². The number of rotatable bonds is 6. The van der Waals surface area contributed by atoms with Crippen molar-refractivity contribution in [2.24, 2.45) is 0 Å². The maximum absolute atomic E-state index is 13.1. The number of carbonyl (C=O) groups excluding carboxylic acids is 1. The molecule has 0 bridgehead atoms. The smallest absolute Gasteiger partial charge is 0.236 e. The van der Waals surface area contributed by atoms with Crippen LogP contribution < -0.4 is 20.2 Å². The Bertz CT molecular complexity index is 1020. The summed E-state index contributed by atoms with van der Waals surface area (Å²) in [5, 5.41) is 11.6. The number of nitrogens with one attached hydrogen (secondary N) is 2. The third kappa shape index (κ3) is 4.06. The number of aryl methyl sites for hydroxylation is 1. The molecule has 9 heteroatoms. The topological polar surface area (TPSA) is 90.3 Å². The molecule has 2 N–H and O–H groups in total. The van der Waals surface area contributed by atoms with Crippen molar-refractivity contribution in [3.63, 3.8) is 0 Å². The first-order chi connectivity index (χ1) is 14.6. The van der Waals surface area contributed by atoms with Gasteiger partial charge >= 0.3 is 0 Å². The molecule has 156 valence electrons. The lowest BCUT2D eigenvalue weighted by Gasteiger charge is -2.32. The molecule has 30 heavy (non-hydrogen) atoms. The van der Waals surface area contributed by atoms with E-state index >= 15 is 0 Å². The quantitative estimate of drug-likeness (QED) is 0.627. The van der Waals surface area contributed by atoms with Crippen LogP contribution in [0.4, 0.5) is 0 Å². The van der Waals surface area contributed by atoms with Gasteiger partial charge in [-0.1, -0.05) is 36.0 Å². The van der Waals surface area contributed by atoms with Crippen molar-refractivity contribution in [3.8, 4) is 11.5 Å². The fraction of sp³-hybridized carbons (Fsp3) is 0.286. The molecule has 3 aromatic rings. The van der Waals surface area contributed by atoms with Gasteiger partial charge in [0.25, 0.3) is 0 Å². The van der Waals surface area contributed by atoms with Crippen LogP contribution in [0.1, 0.15) is 23.0 Å². The van der Waals surface area contributed by atoms with Crippen molar-refractivity contribution in [2.45, 2.75) is 29.9 Å². The fourth-order valence-electron chi connectivity index (χ4n) is 3.25. The third-order valence-electron chi connectivity index (χ3n) is 4.96. The summed E-state index contributed by atoms with van der Waals surface area (Å²) in [4.78, 5) is 13.1. The zero-order valence-corrected chi connectivity index (χ0v) is 17.8. The van der Waals surface area contributed by atoms with Gasteiger partial charge in [-0.05, 0) is 42.3 Å². The standard InChI is InChI=1S/C21H23N5O3S/c1-13-23-24-21-26(13)25-18(15-6-10-17(29-3)11-7-15)19(30-21)20(27)22-12-14-4-8-16(28-2)9-5-14/h4-11,18-19,25H,12H2,1-3H3,(H,22,27). The molecule has 1 aliphatic rings. The zero-order valence-electron chi connectivity index (χ0n) is 17.0. The van der Waals surface area contributed by atoms with E-state index in [-0.39, 0.29) is 11.9 Å². The molecule has 0 aliphatic carbocycles. The molecule has 8 nitrogen and oxygen atoms in total. The van der Waals surface area contributed by atoms with Crippen LogP contribution in [0.3, 0.4) is 0 Å². The Morgan fingerprint density at radius 2 is 1.70 bits per heavy atom. The lowest BCUT2D eigenvalue weighted by molar-refractivity contribution is -0.121. The van der Waals surface area contributed by atoms with Crippen LogP contribution in [0.5, 0.6) is 11.5 Å². The first kappa shape index (κ1) is 20.1. The first-order valence-electron chi connectivity index (χ1n) is 9.49. The van der Waals surface area contributed by atoms with Crippen LogP contribution in [0.25, 0.3) is 0 Å². The normalized spacial score (nSPS) is 17.6. The Morgan fingerprint density at radius 3 is 2.33 bits per heavy atom. The number of fused-ring (bicyclic) bond motifs is 1. The Hall–Kier alpha value is -3.20. The van der Waals surface area contributed by atoms with Crippen molar-refractivity contribution in [3.05, 3.63) is 65.5 Å². The second-order valence-corrected chi connectivity index (χ2v) is 7.96. The van der Waals surface area contributed by atoms with Gasteiger partial charge in [-0.15, -0.1) is 10.2 Å². The van der Waals surface area contributed by atoms with Crippen molar-refractivity contribution in [2.75, 3.05) is 19.6 Å². The van der Waals surface area contributed by atoms with Gasteiger partial charge in [-0.25, -0.2) is 4.68 Å². The molecule has 0 saturated carbocycles. The lowest BCUT2D eigenvalue weighted by atomic mass is 10.0. The summed E-state index contributed by atoms with van der Waals surface area (Å²) >= 11 is 1.40. The van der Waals surface area contributed by atoms with Crippen LogP contribution in [-0.4, -0.2) is 40.3 Å². The Kier molecular flexibility index (Phi) is 5.80. The van der Waals surface area contributed by atoms with Crippen LogP contribution in [-0.2, 0) is 11.3 Å². The average Bonchev–Trinajstić information content (AvgIpc) is 3.16. The van der Waals surface area contributed by atoms with Crippen molar-refractivity contribution < 1.29 is 14.3 Å². The number of amides is 1. The lowest BCUT2D eigenvalue weighted by Crippen LogP contribution is -2.44. The number of hydrogen-bond acceptors (Lipinski definition) is 7. The number of methoxy groups -OCH3 is 2. The predicted molar refractivity (Wildman–Crippen MR) is 114 cm³/mol. The minimum absolute atomic E-state index is 0.0731. The van der Waals surface area contributed by atoms with Crippen molar-refractivity contribution >= 4 is 17.7 Å². The number of thioether (sulfide) groups is 1. The maximum atomic E-state index is 13.1. The first-order valence-corrected chi connectivity index (χ1v) is 10.4. The number of carbonyl (C=O) groups is 1. The van der Waals surface area contributed by atoms with E-state index in [0.29, 0.717) is 11.7 Å². The summed E-state index contributed by atoms with van der Waals surface area (Å²) in [6.45, 7) is 2.31. The monoisotopic (exact) mass is 425 g/mol. The summed E-state index contributed by atoms with van der Waals surface area (Å²) in [7, 11) is 3.26. The van der Waals surface area contributed by atoms with Gasteiger partial charge in [0, 0.05) is 6.54 Å². The summed E-state index contributed by atoms with van der Waals surface area (Å²) in [5.74, 6) is 2.22. The minimum Gasteiger partial charge on any atom is -0.497 e. The highest BCUT2D eigenvalue weighted by Crippen LogP contribution is 2.37. The van der Waals surface area contributed by atoms with Gasteiger partial charge < -0.3 is 20.2 Å². The molecule has 0 fully saturated rings. The van der Waals surface area contributed by atoms with E-state index in [9.17, 15) is 4.79 Å². The van der Waals surface area contributed by atoms with Crippen LogP contribution in [0, 0.1) is 6.92 Å². The molecule has 1 amide bonds. The van der Waals surface area contributed by atoms with E-state index in [1.54, 1.807) is 14.2 Å². The molecule has 0 saturated heterocycles. The van der Waals surface area contributed by atoms with Gasteiger partial charge in [-0.2, -0.15) is 0 Å². The summed E-state index contributed by atoms with van der Waals surface area (Å²) < 4.78 is 12.3. The van der Waals surface area contributed by atoms with E-state index < -0.39 is 5.25 Å². The average molecular weight is 426 g/mol. The van der Waals surface area contributed by atoms with Gasteiger partial charge in [0.05, 0.1) is 20.3 Å². The van der Waals surface area contributed by atoms with Gasteiger partial charge in [0.1, 0.15) is 22.6 Å². The third-order valence-corrected chi connectivity index (χ3v) is 6.17. The predicted octanol–water partition coefficient (Wildman–Crippen LogP) is 2.68. The number of hydrogen-bond donors (Lipinski definition) is 2. The van der Waals surface area contributed by atoms with Crippen LogP contribution in [0.2, 0.25) is 0 Å². The van der Waals surface area contributed by atoms with Gasteiger partial charge in [-0.3, -0.25) is 4.79 Å². The highest BCUT2D eigenvalue weighted by Gasteiger charge is 2.37. The number of aromatic nitrogens is 3. The summed E-state index contributed by atoms with van der Waals surface area (Å²) in [6, 6.07) is 15.1. The SMILES string of the molecule is COc1ccc(CNC(=O)C2Sc3nnc(C)n3NC2c2ccc(OC)cc2)cc1. The highest BCUT2D eigenvalue weighted by atomic mass is 32.2. The molecular formula is C21H23N5O3S. The molecule has 1 aromatic heterocycles. The molecular weight excluding hydrogens is 402 g/mol. The molecule has 4 rings (SSSR count).